The van der Waals surface area contributed by atoms with Crippen LogP contribution in [0, 0.1) is 0 Å². The highest BCUT2D eigenvalue weighted by atomic mass is 35.5. The molecule has 0 saturated carbocycles. The Morgan fingerprint density at radius 2 is 1.15 bits per heavy atom. The van der Waals surface area contributed by atoms with Gasteiger partial charge in [-0.15, -0.1) is 0 Å². The summed E-state index contributed by atoms with van der Waals surface area (Å²) in [6.07, 6.45) is -0.718. The zero-order valence-electron chi connectivity index (χ0n) is 14.2. The number of hydrogen-bond acceptors (Lipinski definition) is 2. The molecule has 0 saturated heterocycles. The molecule has 6 heteroatoms. The van der Waals surface area contributed by atoms with Gasteiger partial charge in [0, 0.05) is 21.2 Å². The Labute approximate surface area is 167 Å². The van der Waals surface area contributed by atoms with Gasteiger partial charge in [0.25, 0.3) is 11.8 Å². The Hall–Kier alpha value is -2.82. The van der Waals surface area contributed by atoms with E-state index in [0.29, 0.717) is 21.2 Å². The topological polar surface area (TPSA) is 58.2 Å². The standard InChI is InChI=1S/C21H16Cl2N2O2/c22-17-10-4-8-15(12-17)20(26)24-19(14-6-2-1-3-7-14)25-21(27)16-9-5-11-18(23)13-16/h1-13,19H,(H,24,26)(H,25,27). The first kappa shape index (κ1) is 19.0. The number of carbonyl (C=O) groups is 2. The molecule has 0 aliphatic rings. The molecular formula is C21H16Cl2N2O2. The number of nitrogens with one attached hydrogen (secondary N) is 2. The van der Waals surface area contributed by atoms with E-state index >= 15 is 0 Å². The van der Waals surface area contributed by atoms with E-state index in [4.69, 9.17) is 23.2 Å². The molecule has 0 unspecified atom stereocenters. The first-order valence-corrected chi connectivity index (χ1v) is 8.96. The summed E-state index contributed by atoms with van der Waals surface area (Å²) in [4.78, 5) is 25.2. The SMILES string of the molecule is O=C(NC(NC(=O)c1cccc(Cl)c1)c1ccccc1)c1cccc(Cl)c1. The summed E-state index contributed by atoms with van der Waals surface area (Å²) < 4.78 is 0. The number of hydrogen-bond donors (Lipinski definition) is 2. The second kappa shape index (κ2) is 8.71. The summed E-state index contributed by atoms with van der Waals surface area (Å²) in [5.41, 5.74) is 1.55. The number of halogens is 2. The van der Waals surface area contributed by atoms with Gasteiger partial charge in [0.15, 0.2) is 0 Å². The molecule has 0 fully saturated rings. The Balaban J connectivity index is 1.83. The zero-order chi connectivity index (χ0) is 19.2. The van der Waals surface area contributed by atoms with Gasteiger partial charge in [0.1, 0.15) is 6.17 Å². The maximum Gasteiger partial charge on any atom is 0.253 e. The number of benzene rings is 3. The maximum atomic E-state index is 12.6. The smallest absolute Gasteiger partial charge is 0.253 e. The second-order valence-corrected chi connectivity index (χ2v) is 6.68. The summed E-state index contributed by atoms with van der Waals surface area (Å²) in [5.74, 6) is -0.699. The van der Waals surface area contributed by atoms with E-state index in [9.17, 15) is 9.59 Å². The van der Waals surface area contributed by atoms with Gasteiger partial charge in [0.2, 0.25) is 0 Å². The largest absolute Gasteiger partial charge is 0.328 e. The van der Waals surface area contributed by atoms with Crippen molar-refractivity contribution in [3.63, 3.8) is 0 Å². The summed E-state index contributed by atoms with van der Waals surface area (Å²) >= 11 is 11.9. The van der Waals surface area contributed by atoms with E-state index < -0.39 is 6.17 Å². The predicted octanol–water partition coefficient (Wildman–Crippen LogP) is 4.85. The lowest BCUT2D eigenvalue weighted by Gasteiger charge is -2.21. The van der Waals surface area contributed by atoms with Crippen molar-refractivity contribution in [3.05, 3.63) is 106 Å². The second-order valence-electron chi connectivity index (χ2n) is 5.81. The van der Waals surface area contributed by atoms with E-state index in [-0.39, 0.29) is 11.8 Å². The fourth-order valence-electron chi connectivity index (χ4n) is 2.54. The van der Waals surface area contributed by atoms with Crippen LogP contribution in [0.5, 0.6) is 0 Å². The first-order valence-electron chi connectivity index (χ1n) is 8.21. The molecular weight excluding hydrogens is 383 g/mol. The Bertz CT molecular complexity index is 902. The monoisotopic (exact) mass is 398 g/mol. The van der Waals surface area contributed by atoms with E-state index in [2.05, 4.69) is 10.6 Å². The minimum absolute atomic E-state index is 0.349. The lowest BCUT2D eigenvalue weighted by atomic mass is 10.1. The average Bonchev–Trinajstić information content (AvgIpc) is 2.68. The molecule has 2 N–H and O–H groups in total. The van der Waals surface area contributed by atoms with E-state index in [1.165, 1.54) is 0 Å². The minimum Gasteiger partial charge on any atom is -0.328 e. The molecule has 0 bridgehead atoms. The van der Waals surface area contributed by atoms with Gasteiger partial charge in [-0.3, -0.25) is 9.59 Å². The molecule has 0 aliphatic carbocycles. The summed E-state index contributed by atoms with van der Waals surface area (Å²) in [6, 6.07) is 22.4. The normalized spacial score (nSPS) is 10.5. The van der Waals surface area contributed by atoms with Crippen LogP contribution in [0.1, 0.15) is 32.4 Å². The van der Waals surface area contributed by atoms with Gasteiger partial charge < -0.3 is 10.6 Å². The van der Waals surface area contributed by atoms with Crippen LogP contribution in [0.2, 0.25) is 10.0 Å². The van der Waals surface area contributed by atoms with Crippen molar-refractivity contribution in [2.45, 2.75) is 6.17 Å². The molecule has 4 nitrogen and oxygen atoms in total. The van der Waals surface area contributed by atoms with Crippen LogP contribution in [0.25, 0.3) is 0 Å². The third-order valence-electron chi connectivity index (χ3n) is 3.86. The molecule has 0 spiro atoms. The Morgan fingerprint density at radius 3 is 1.59 bits per heavy atom. The number of amides is 2. The molecule has 3 aromatic rings. The van der Waals surface area contributed by atoms with E-state index in [1.807, 2.05) is 30.3 Å². The van der Waals surface area contributed by atoms with E-state index in [0.717, 1.165) is 5.56 Å². The maximum absolute atomic E-state index is 12.6. The fourth-order valence-corrected chi connectivity index (χ4v) is 2.92. The quantitative estimate of drug-likeness (QED) is 0.603. The van der Waals surface area contributed by atoms with Gasteiger partial charge in [-0.1, -0.05) is 65.7 Å². The molecule has 0 aromatic heterocycles. The molecule has 0 aliphatic heterocycles. The fraction of sp³-hybridized carbons (Fsp3) is 0.0476. The van der Waals surface area contributed by atoms with Crippen molar-refractivity contribution in [1.29, 1.82) is 0 Å². The van der Waals surface area contributed by atoms with Crippen molar-refractivity contribution < 1.29 is 9.59 Å². The molecule has 0 atom stereocenters. The van der Waals surface area contributed by atoms with Crippen LogP contribution in [0.3, 0.4) is 0 Å². The lowest BCUT2D eigenvalue weighted by Crippen LogP contribution is -2.41. The van der Waals surface area contributed by atoms with Crippen LogP contribution in [0.15, 0.2) is 78.9 Å². The first-order chi connectivity index (χ1) is 13.0. The van der Waals surface area contributed by atoms with Gasteiger partial charge in [-0.25, -0.2) is 0 Å². The van der Waals surface area contributed by atoms with Crippen LogP contribution in [0.4, 0.5) is 0 Å². The van der Waals surface area contributed by atoms with Crippen LogP contribution < -0.4 is 10.6 Å². The zero-order valence-corrected chi connectivity index (χ0v) is 15.7. The predicted molar refractivity (Wildman–Crippen MR) is 107 cm³/mol. The highest BCUT2D eigenvalue weighted by molar-refractivity contribution is 6.31. The Morgan fingerprint density at radius 1 is 0.667 bits per heavy atom. The molecule has 27 heavy (non-hydrogen) atoms. The van der Waals surface area contributed by atoms with Gasteiger partial charge in [-0.05, 0) is 42.0 Å². The number of carbonyl (C=O) groups excluding carboxylic acids is 2. The lowest BCUT2D eigenvalue weighted by molar-refractivity contribution is 0.0883. The third-order valence-corrected chi connectivity index (χ3v) is 4.33. The van der Waals surface area contributed by atoms with Crippen LogP contribution in [-0.2, 0) is 0 Å². The van der Waals surface area contributed by atoms with Crippen molar-refractivity contribution in [3.8, 4) is 0 Å². The minimum atomic E-state index is -0.718. The van der Waals surface area contributed by atoms with Crippen molar-refractivity contribution in [1.82, 2.24) is 10.6 Å². The van der Waals surface area contributed by atoms with E-state index in [1.54, 1.807) is 48.5 Å². The van der Waals surface area contributed by atoms with Crippen molar-refractivity contribution in [2.75, 3.05) is 0 Å². The van der Waals surface area contributed by atoms with Gasteiger partial charge in [0.05, 0.1) is 0 Å². The third kappa shape index (κ3) is 5.09. The highest BCUT2D eigenvalue weighted by Gasteiger charge is 2.19. The van der Waals surface area contributed by atoms with Crippen LogP contribution in [-0.4, -0.2) is 11.8 Å². The van der Waals surface area contributed by atoms with Crippen LogP contribution >= 0.6 is 23.2 Å². The molecule has 3 rings (SSSR count). The molecule has 0 radical (unpaired) electrons. The van der Waals surface area contributed by atoms with Crippen molar-refractivity contribution >= 4 is 35.0 Å². The summed E-state index contributed by atoms with van der Waals surface area (Å²) in [5, 5.41) is 6.58. The van der Waals surface area contributed by atoms with Gasteiger partial charge >= 0.3 is 0 Å². The van der Waals surface area contributed by atoms with Crippen molar-refractivity contribution in [2.24, 2.45) is 0 Å². The Kier molecular flexibility index (Phi) is 6.12. The average molecular weight is 399 g/mol. The number of rotatable bonds is 5. The molecule has 0 heterocycles. The summed E-state index contributed by atoms with van der Waals surface area (Å²) in [6.45, 7) is 0. The summed E-state index contributed by atoms with van der Waals surface area (Å²) in [7, 11) is 0. The van der Waals surface area contributed by atoms with Gasteiger partial charge in [-0.2, -0.15) is 0 Å². The highest BCUT2D eigenvalue weighted by Crippen LogP contribution is 2.16. The molecule has 3 aromatic carbocycles. The molecule has 2 amide bonds. The molecule has 136 valence electrons.